The molecule has 2 atom stereocenters. The molecule has 7 heteroatoms. The molecule has 0 fully saturated rings. The van der Waals surface area contributed by atoms with Gasteiger partial charge in [0.15, 0.2) is 5.96 Å². The summed E-state index contributed by atoms with van der Waals surface area (Å²) < 4.78 is 5.56. The minimum absolute atomic E-state index is 0. The van der Waals surface area contributed by atoms with Crippen molar-refractivity contribution in [1.82, 2.24) is 10.6 Å². The standard InChI is InChI=1S/C20H26ClN3O2.HI/c1-22-20(23-12-17(14-25)15-7-4-3-5-8-15)24-13-19(26-2)16-9-6-10-18(21)11-16;/h3-11,17,19,25H,12-14H2,1-2H3,(H2,22,23,24);1H. The predicted octanol–water partition coefficient (Wildman–Crippen LogP) is 3.59. The van der Waals surface area contributed by atoms with Crippen molar-refractivity contribution < 1.29 is 9.84 Å². The zero-order chi connectivity index (χ0) is 18.8. The molecule has 0 aliphatic rings. The molecule has 0 bridgehead atoms. The highest BCUT2D eigenvalue weighted by Crippen LogP contribution is 2.19. The van der Waals surface area contributed by atoms with Gasteiger partial charge in [-0.3, -0.25) is 4.99 Å². The van der Waals surface area contributed by atoms with Crippen LogP contribution in [-0.2, 0) is 4.74 Å². The van der Waals surface area contributed by atoms with E-state index in [1.807, 2.05) is 54.6 Å². The third-order valence-corrected chi connectivity index (χ3v) is 4.43. The molecule has 0 heterocycles. The quantitative estimate of drug-likeness (QED) is 0.293. The van der Waals surface area contributed by atoms with Gasteiger partial charge in [0.25, 0.3) is 0 Å². The first kappa shape index (κ1) is 23.7. The summed E-state index contributed by atoms with van der Waals surface area (Å²) in [6.07, 6.45) is -0.144. The van der Waals surface area contributed by atoms with Crippen LogP contribution in [0.25, 0.3) is 0 Å². The van der Waals surface area contributed by atoms with Crippen LogP contribution in [0.2, 0.25) is 5.02 Å². The molecule has 0 saturated heterocycles. The SMILES string of the molecule is CN=C(NCC(CO)c1ccccc1)NCC(OC)c1cccc(Cl)c1.I. The summed E-state index contributed by atoms with van der Waals surface area (Å²) in [5, 5.41) is 16.9. The number of aliphatic hydroxyl groups is 1. The Bertz CT molecular complexity index is 701. The maximum absolute atomic E-state index is 9.66. The first-order valence-electron chi connectivity index (χ1n) is 8.56. The summed E-state index contributed by atoms with van der Waals surface area (Å²) in [5.74, 6) is 0.657. The number of methoxy groups -OCH3 is 1. The molecule has 2 rings (SSSR count). The number of hydrogen-bond donors (Lipinski definition) is 3. The molecule has 0 aliphatic carbocycles. The van der Waals surface area contributed by atoms with Crippen molar-refractivity contribution in [1.29, 1.82) is 0 Å². The number of aliphatic imine (C=N–C) groups is 1. The lowest BCUT2D eigenvalue weighted by molar-refractivity contribution is 0.106. The van der Waals surface area contributed by atoms with Gasteiger partial charge in [0.2, 0.25) is 0 Å². The van der Waals surface area contributed by atoms with Gasteiger partial charge >= 0.3 is 0 Å². The second kappa shape index (κ2) is 12.9. The van der Waals surface area contributed by atoms with E-state index in [9.17, 15) is 5.11 Å². The monoisotopic (exact) mass is 503 g/mol. The maximum atomic E-state index is 9.66. The number of rotatable bonds is 8. The van der Waals surface area contributed by atoms with Gasteiger partial charge in [-0.05, 0) is 23.3 Å². The van der Waals surface area contributed by atoms with Crippen LogP contribution in [0.5, 0.6) is 0 Å². The van der Waals surface area contributed by atoms with E-state index in [0.717, 1.165) is 11.1 Å². The Morgan fingerprint density at radius 2 is 1.74 bits per heavy atom. The van der Waals surface area contributed by atoms with Crippen LogP contribution in [0.3, 0.4) is 0 Å². The Kier molecular flexibility index (Phi) is 11.3. The van der Waals surface area contributed by atoms with E-state index >= 15 is 0 Å². The zero-order valence-electron chi connectivity index (χ0n) is 15.6. The molecule has 2 unspecified atom stereocenters. The summed E-state index contributed by atoms with van der Waals surface area (Å²) in [5.41, 5.74) is 2.09. The van der Waals surface area contributed by atoms with E-state index in [1.165, 1.54) is 0 Å². The molecule has 0 aromatic heterocycles. The molecule has 3 N–H and O–H groups in total. The van der Waals surface area contributed by atoms with Crippen molar-refractivity contribution in [3.05, 3.63) is 70.7 Å². The zero-order valence-corrected chi connectivity index (χ0v) is 18.6. The molecular weight excluding hydrogens is 477 g/mol. The Hall–Kier alpha value is -1.35. The van der Waals surface area contributed by atoms with Gasteiger partial charge in [-0.15, -0.1) is 24.0 Å². The number of nitrogens with zero attached hydrogens (tertiary/aromatic N) is 1. The lowest BCUT2D eigenvalue weighted by Gasteiger charge is -2.21. The fraction of sp³-hybridized carbons (Fsp3) is 0.350. The fourth-order valence-electron chi connectivity index (χ4n) is 2.69. The number of ether oxygens (including phenoxy) is 1. The highest BCUT2D eigenvalue weighted by molar-refractivity contribution is 14.0. The predicted molar refractivity (Wildman–Crippen MR) is 122 cm³/mol. The van der Waals surface area contributed by atoms with E-state index in [0.29, 0.717) is 24.1 Å². The highest BCUT2D eigenvalue weighted by atomic mass is 127. The van der Waals surface area contributed by atoms with Crippen molar-refractivity contribution in [2.75, 3.05) is 33.9 Å². The van der Waals surface area contributed by atoms with Crippen molar-refractivity contribution in [2.45, 2.75) is 12.0 Å². The van der Waals surface area contributed by atoms with Gasteiger partial charge in [-0.1, -0.05) is 54.1 Å². The van der Waals surface area contributed by atoms with Crippen LogP contribution in [0.1, 0.15) is 23.1 Å². The van der Waals surface area contributed by atoms with Crippen LogP contribution >= 0.6 is 35.6 Å². The van der Waals surface area contributed by atoms with Gasteiger partial charge < -0.3 is 20.5 Å². The molecule has 0 radical (unpaired) electrons. The van der Waals surface area contributed by atoms with E-state index in [1.54, 1.807) is 14.2 Å². The molecule has 0 spiro atoms. The number of hydrogen-bond acceptors (Lipinski definition) is 3. The van der Waals surface area contributed by atoms with E-state index in [-0.39, 0.29) is 42.6 Å². The minimum Gasteiger partial charge on any atom is -0.396 e. The molecule has 5 nitrogen and oxygen atoms in total. The van der Waals surface area contributed by atoms with Gasteiger partial charge in [-0.25, -0.2) is 0 Å². The minimum atomic E-state index is -0.144. The van der Waals surface area contributed by atoms with Crippen molar-refractivity contribution in [3.63, 3.8) is 0 Å². The lowest BCUT2D eigenvalue weighted by atomic mass is 10.0. The second-order valence-corrected chi connectivity index (χ2v) is 6.34. The number of aliphatic hydroxyl groups excluding tert-OH is 1. The first-order valence-corrected chi connectivity index (χ1v) is 8.94. The Balaban J connectivity index is 0.00000364. The third kappa shape index (κ3) is 7.65. The number of benzene rings is 2. The highest BCUT2D eigenvalue weighted by Gasteiger charge is 2.14. The number of halogens is 2. The summed E-state index contributed by atoms with van der Waals surface area (Å²) in [7, 11) is 3.38. The smallest absolute Gasteiger partial charge is 0.191 e. The molecule has 2 aromatic carbocycles. The van der Waals surface area contributed by atoms with E-state index in [2.05, 4.69) is 15.6 Å². The summed E-state index contributed by atoms with van der Waals surface area (Å²) >= 11 is 6.06. The van der Waals surface area contributed by atoms with Gasteiger partial charge in [0.05, 0.1) is 12.7 Å². The van der Waals surface area contributed by atoms with Gasteiger partial charge in [0.1, 0.15) is 0 Å². The number of guanidine groups is 1. The molecule has 0 saturated carbocycles. The van der Waals surface area contributed by atoms with Crippen molar-refractivity contribution >= 4 is 41.5 Å². The van der Waals surface area contributed by atoms with Crippen molar-refractivity contribution in [2.24, 2.45) is 4.99 Å². The van der Waals surface area contributed by atoms with Gasteiger partial charge in [-0.2, -0.15) is 0 Å². The Labute approximate surface area is 183 Å². The van der Waals surface area contributed by atoms with Gasteiger partial charge in [0, 0.05) is 38.2 Å². The first-order chi connectivity index (χ1) is 12.7. The van der Waals surface area contributed by atoms with Crippen LogP contribution in [0.4, 0.5) is 0 Å². The Morgan fingerprint density at radius 1 is 1.07 bits per heavy atom. The molecule has 2 aromatic rings. The average molecular weight is 504 g/mol. The average Bonchev–Trinajstić information content (AvgIpc) is 2.68. The summed E-state index contributed by atoms with van der Waals surface area (Å²) in [6.45, 7) is 1.19. The van der Waals surface area contributed by atoms with E-state index < -0.39 is 0 Å². The van der Waals surface area contributed by atoms with Crippen LogP contribution in [0, 0.1) is 0 Å². The molecule has 0 amide bonds. The fourth-order valence-corrected chi connectivity index (χ4v) is 2.89. The van der Waals surface area contributed by atoms with Crippen LogP contribution in [0.15, 0.2) is 59.6 Å². The topological polar surface area (TPSA) is 65.9 Å². The summed E-state index contributed by atoms with van der Waals surface area (Å²) in [4.78, 5) is 4.24. The number of nitrogens with one attached hydrogen (secondary N) is 2. The lowest BCUT2D eigenvalue weighted by Crippen LogP contribution is -2.41. The largest absolute Gasteiger partial charge is 0.396 e. The van der Waals surface area contributed by atoms with Crippen molar-refractivity contribution in [3.8, 4) is 0 Å². The second-order valence-electron chi connectivity index (χ2n) is 5.90. The Morgan fingerprint density at radius 3 is 2.33 bits per heavy atom. The molecular formula is C20H27ClIN3O2. The molecule has 0 aliphatic heterocycles. The molecule has 27 heavy (non-hydrogen) atoms. The maximum Gasteiger partial charge on any atom is 0.191 e. The van der Waals surface area contributed by atoms with Crippen LogP contribution < -0.4 is 10.6 Å². The molecule has 148 valence electrons. The summed E-state index contributed by atoms with van der Waals surface area (Å²) in [6, 6.07) is 17.6. The normalized spacial score (nSPS) is 13.4. The van der Waals surface area contributed by atoms with Crippen LogP contribution in [-0.4, -0.2) is 44.9 Å². The van der Waals surface area contributed by atoms with E-state index in [4.69, 9.17) is 16.3 Å². The third-order valence-electron chi connectivity index (χ3n) is 4.19.